The Hall–Kier alpha value is -1.30. The van der Waals surface area contributed by atoms with Gasteiger partial charge in [-0.05, 0) is 19.3 Å². The fourth-order valence-corrected chi connectivity index (χ4v) is 3.09. The highest BCUT2D eigenvalue weighted by Gasteiger charge is 2.15. The standard InChI is InChI=1S/C14H21N3O2S/c1-2-10-8-12(18)17-14(16-10)20-9-13(19)15-11-6-4-3-5-7-11/h8,11H,2-7,9H2,1H3,(H,15,19)(H,16,17,18). The number of hydrogen-bond acceptors (Lipinski definition) is 4. The Labute approximate surface area is 123 Å². The molecule has 1 aromatic heterocycles. The molecule has 1 heterocycles. The molecule has 0 aromatic carbocycles. The predicted molar refractivity (Wildman–Crippen MR) is 80.0 cm³/mol. The lowest BCUT2D eigenvalue weighted by atomic mass is 9.95. The van der Waals surface area contributed by atoms with Gasteiger partial charge in [-0.15, -0.1) is 0 Å². The first kappa shape index (κ1) is 15.1. The van der Waals surface area contributed by atoms with E-state index in [0.717, 1.165) is 18.5 Å². The van der Waals surface area contributed by atoms with Crippen LogP contribution in [0.4, 0.5) is 0 Å². The van der Waals surface area contributed by atoms with Crippen LogP contribution in [0.15, 0.2) is 16.0 Å². The Morgan fingerprint density at radius 3 is 2.90 bits per heavy atom. The first-order valence-corrected chi connectivity index (χ1v) is 8.18. The minimum absolute atomic E-state index is 0.0199. The molecule has 1 aliphatic carbocycles. The quantitative estimate of drug-likeness (QED) is 0.642. The monoisotopic (exact) mass is 295 g/mol. The number of carbonyl (C=O) groups excluding carboxylic acids is 1. The van der Waals surface area contributed by atoms with E-state index in [9.17, 15) is 9.59 Å². The summed E-state index contributed by atoms with van der Waals surface area (Å²) in [5, 5.41) is 3.57. The highest BCUT2D eigenvalue weighted by Crippen LogP contribution is 2.18. The zero-order chi connectivity index (χ0) is 14.4. The zero-order valence-corrected chi connectivity index (χ0v) is 12.6. The van der Waals surface area contributed by atoms with Gasteiger partial charge in [-0.25, -0.2) is 4.98 Å². The molecule has 1 aliphatic rings. The number of aryl methyl sites for hydroxylation is 1. The molecule has 0 aliphatic heterocycles. The Kier molecular flexibility index (Phi) is 5.64. The van der Waals surface area contributed by atoms with Gasteiger partial charge in [-0.1, -0.05) is 37.9 Å². The lowest BCUT2D eigenvalue weighted by Crippen LogP contribution is -2.37. The van der Waals surface area contributed by atoms with Crippen molar-refractivity contribution in [2.75, 3.05) is 5.75 Å². The van der Waals surface area contributed by atoms with Gasteiger partial charge in [0.1, 0.15) is 0 Å². The van der Waals surface area contributed by atoms with Crippen LogP contribution in [0, 0.1) is 0 Å². The number of aromatic amines is 1. The number of thioether (sulfide) groups is 1. The number of H-pyrrole nitrogens is 1. The van der Waals surface area contributed by atoms with Crippen LogP contribution in [0.5, 0.6) is 0 Å². The summed E-state index contributed by atoms with van der Waals surface area (Å²) in [4.78, 5) is 30.2. The van der Waals surface area contributed by atoms with Crippen molar-refractivity contribution in [2.24, 2.45) is 0 Å². The number of hydrogen-bond donors (Lipinski definition) is 2. The van der Waals surface area contributed by atoms with Crippen LogP contribution in [0.1, 0.15) is 44.7 Å². The topological polar surface area (TPSA) is 74.8 Å². The number of amides is 1. The molecular weight excluding hydrogens is 274 g/mol. The molecule has 110 valence electrons. The van der Waals surface area contributed by atoms with Gasteiger partial charge in [0, 0.05) is 17.8 Å². The lowest BCUT2D eigenvalue weighted by molar-refractivity contribution is -0.119. The van der Waals surface area contributed by atoms with E-state index in [-0.39, 0.29) is 11.5 Å². The molecular formula is C14H21N3O2S. The second-order valence-electron chi connectivity index (χ2n) is 5.09. The van der Waals surface area contributed by atoms with Crippen LogP contribution < -0.4 is 10.9 Å². The van der Waals surface area contributed by atoms with Crippen LogP contribution in [0.25, 0.3) is 0 Å². The molecule has 0 radical (unpaired) electrons. The molecule has 0 saturated heterocycles. The van der Waals surface area contributed by atoms with E-state index in [2.05, 4.69) is 15.3 Å². The van der Waals surface area contributed by atoms with E-state index in [0.29, 0.717) is 23.4 Å². The van der Waals surface area contributed by atoms with Crippen LogP contribution in [0.2, 0.25) is 0 Å². The molecule has 1 aromatic rings. The lowest BCUT2D eigenvalue weighted by Gasteiger charge is -2.22. The minimum atomic E-state index is -0.160. The van der Waals surface area contributed by atoms with Crippen LogP contribution in [-0.2, 0) is 11.2 Å². The van der Waals surface area contributed by atoms with Gasteiger partial charge < -0.3 is 10.3 Å². The number of carbonyl (C=O) groups is 1. The first-order chi connectivity index (χ1) is 9.67. The summed E-state index contributed by atoms with van der Waals surface area (Å²) in [6.45, 7) is 1.95. The number of aromatic nitrogens is 2. The van der Waals surface area contributed by atoms with Gasteiger partial charge in [-0.3, -0.25) is 9.59 Å². The molecule has 1 amide bonds. The third kappa shape index (κ3) is 4.67. The number of nitrogens with zero attached hydrogens (tertiary/aromatic N) is 1. The average Bonchev–Trinajstić information content (AvgIpc) is 2.45. The predicted octanol–water partition coefficient (Wildman–Crippen LogP) is 1.87. The van der Waals surface area contributed by atoms with Crippen molar-refractivity contribution in [3.8, 4) is 0 Å². The molecule has 2 N–H and O–H groups in total. The molecule has 1 fully saturated rings. The fraction of sp³-hybridized carbons (Fsp3) is 0.643. The summed E-state index contributed by atoms with van der Waals surface area (Å²) < 4.78 is 0. The maximum Gasteiger partial charge on any atom is 0.251 e. The first-order valence-electron chi connectivity index (χ1n) is 7.19. The minimum Gasteiger partial charge on any atom is -0.353 e. The zero-order valence-electron chi connectivity index (χ0n) is 11.8. The van der Waals surface area contributed by atoms with E-state index in [4.69, 9.17) is 0 Å². The summed E-state index contributed by atoms with van der Waals surface area (Å²) >= 11 is 1.28. The summed E-state index contributed by atoms with van der Waals surface area (Å²) in [6, 6.07) is 1.82. The van der Waals surface area contributed by atoms with E-state index >= 15 is 0 Å². The van der Waals surface area contributed by atoms with Crippen molar-refractivity contribution in [1.82, 2.24) is 15.3 Å². The largest absolute Gasteiger partial charge is 0.353 e. The molecule has 0 atom stereocenters. The normalized spacial score (nSPS) is 16.1. The Balaban J connectivity index is 1.83. The van der Waals surface area contributed by atoms with E-state index in [1.54, 1.807) is 0 Å². The van der Waals surface area contributed by atoms with Crippen molar-refractivity contribution < 1.29 is 4.79 Å². The van der Waals surface area contributed by atoms with Crippen molar-refractivity contribution in [3.05, 3.63) is 22.1 Å². The second kappa shape index (κ2) is 7.47. The van der Waals surface area contributed by atoms with Gasteiger partial charge in [0.05, 0.1) is 5.75 Å². The van der Waals surface area contributed by atoms with Crippen LogP contribution in [0.3, 0.4) is 0 Å². The van der Waals surface area contributed by atoms with E-state index in [1.807, 2.05) is 6.92 Å². The smallest absolute Gasteiger partial charge is 0.251 e. The SMILES string of the molecule is CCc1cc(=O)[nH]c(SCC(=O)NC2CCCCC2)n1. The Bertz CT molecular complexity index is 509. The molecule has 0 bridgehead atoms. The van der Waals surface area contributed by atoms with Crippen LogP contribution in [-0.4, -0.2) is 27.7 Å². The van der Waals surface area contributed by atoms with Crippen molar-refractivity contribution in [3.63, 3.8) is 0 Å². The highest BCUT2D eigenvalue weighted by atomic mass is 32.2. The Morgan fingerprint density at radius 1 is 1.45 bits per heavy atom. The maximum absolute atomic E-state index is 11.9. The van der Waals surface area contributed by atoms with E-state index in [1.165, 1.54) is 37.1 Å². The summed E-state index contributed by atoms with van der Waals surface area (Å²) in [6.07, 6.45) is 6.55. The molecule has 6 heteroatoms. The third-order valence-electron chi connectivity index (χ3n) is 3.45. The highest BCUT2D eigenvalue weighted by molar-refractivity contribution is 7.99. The maximum atomic E-state index is 11.9. The van der Waals surface area contributed by atoms with Crippen molar-refractivity contribution in [1.29, 1.82) is 0 Å². The average molecular weight is 295 g/mol. The summed E-state index contributed by atoms with van der Waals surface area (Å²) in [7, 11) is 0. The number of nitrogens with one attached hydrogen (secondary N) is 2. The van der Waals surface area contributed by atoms with Crippen molar-refractivity contribution >= 4 is 17.7 Å². The van der Waals surface area contributed by atoms with Gasteiger partial charge >= 0.3 is 0 Å². The number of rotatable bonds is 5. The third-order valence-corrected chi connectivity index (χ3v) is 4.32. The molecule has 20 heavy (non-hydrogen) atoms. The molecule has 0 unspecified atom stereocenters. The molecule has 2 rings (SSSR count). The van der Waals surface area contributed by atoms with Gasteiger partial charge in [0.15, 0.2) is 5.16 Å². The molecule has 0 spiro atoms. The summed E-state index contributed by atoms with van der Waals surface area (Å²) in [5.74, 6) is 0.318. The van der Waals surface area contributed by atoms with Gasteiger partial charge in [0.25, 0.3) is 5.56 Å². The van der Waals surface area contributed by atoms with E-state index < -0.39 is 0 Å². The van der Waals surface area contributed by atoms with Crippen molar-refractivity contribution in [2.45, 2.75) is 56.6 Å². The molecule has 5 nitrogen and oxygen atoms in total. The van der Waals surface area contributed by atoms with Crippen LogP contribution >= 0.6 is 11.8 Å². The second-order valence-corrected chi connectivity index (χ2v) is 6.05. The van der Waals surface area contributed by atoms with Gasteiger partial charge in [-0.2, -0.15) is 0 Å². The van der Waals surface area contributed by atoms with Gasteiger partial charge in [0.2, 0.25) is 5.91 Å². The molecule has 1 saturated carbocycles. The fourth-order valence-electron chi connectivity index (χ4n) is 2.38. The Morgan fingerprint density at radius 2 is 2.20 bits per heavy atom. The summed E-state index contributed by atoms with van der Waals surface area (Å²) in [5.41, 5.74) is 0.593.